The Morgan fingerprint density at radius 1 is 1.21 bits per heavy atom. The maximum atomic E-state index is 11.6. The SMILES string of the molecule is CC(=O)OC(OC(C)=O)C12C=CC(O1)c1c2c(O)n(-c2cccc(Br)c2)c1O. The van der Waals surface area contributed by atoms with E-state index in [-0.39, 0.29) is 17.3 Å². The van der Waals surface area contributed by atoms with Gasteiger partial charge in [0.05, 0.1) is 16.8 Å². The molecule has 1 aromatic heterocycles. The molecule has 0 spiro atoms. The minimum atomic E-state index is -1.56. The summed E-state index contributed by atoms with van der Waals surface area (Å²) >= 11 is 3.36. The van der Waals surface area contributed by atoms with Crippen LogP contribution in [0.5, 0.6) is 11.8 Å². The van der Waals surface area contributed by atoms with Gasteiger partial charge in [-0.05, 0) is 24.3 Å². The molecular weight excluding hydrogens is 434 g/mol. The van der Waals surface area contributed by atoms with Gasteiger partial charge < -0.3 is 24.4 Å². The van der Waals surface area contributed by atoms with Crippen molar-refractivity contribution in [3.63, 3.8) is 0 Å². The van der Waals surface area contributed by atoms with Crippen LogP contribution < -0.4 is 0 Å². The van der Waals surface area contributed by atoms with Crippen molar-refractivity contribution in [1.29, 1.82) is 0 Å². The molecule has 4 rings (SSSR count). The molecule has 2 aliphatic rings. The van der Waals surface area contributed by atoms with Gasteiger partial charge in [0.25, 0.3) is 6.29 Å². The van der Waals surface area contributed by atoms with Crippen molar-refractivity contribution >= 4 is 27.9 Å². The molecule has 2 bridgehead atoms. The number of carbonyl (C=O) groups is 2. The third kappa shape index (κ3) is 2.61. The number of fused-ring (bicyclic) bond motifs is 5. The second kappa shape index (κ2) is 6.39. The minimum Gasteiger partial charge on any atom is -0.494 e. The van der Waals surface area contributed by atoms with E-state index < -0.39 is 29.9 Å². The second-order valence-corrected chi connectivity index (χ2v) is 7.41. The number of aromatic hydroxyl groups is 2. The maximum absolute atomic E-state index is 11.6. The molecule has 0 saturated heterocycles. The number of carbonyl (C=O) groups excluding carboxylic acids is 2. The van der Waals surface area contributed by atoms with E-state index in [1.54, 1.807) is 30.4 Å². The van der Waals surface area contributed by atoms with Crippen LogP contribution in [0, 0.1) is 0 Å². The van der Waals surface area contributed by atoms with E-state index in [0.29, 0.717) is 11.3 Å². The monoisotopic (exact) mass is 449 g/mol. The molecule has 8 nitrogen and oxygen atoms in total. The fraction of sp³-hybridized carbons (Fsp3) is 0.263. The molecule has 1 aromatic carbocycles. The number of benzene rings is 1. The summed E-state index contributed by atoms with van der Waals surface area (Å²) in [5.74, 6) is -1.90. The Bertz CT molecular complexity index is 1010. The molecule has 2 aromatic rings. The van der Waals surface area contributed by atoms with E-state index in [1.807, 2.05) is 6.07 Å². The molecule has 0 amide bonds. The zero-order valence-electron chi connectivity index (χ0n) is 14.9. The lowest BCUT2D eigenvalue weighted by Crippen LogP contribution is -2.42. The minimum absolute atomic E-state index is 0.185. The van der Waals surface area contributed by atoms with Crippen molar-refractivity contribution in [2.45, 2.75) is 31.8 Å². The molecule has 2 unspecified atom stereocenters. The average molecular weight is 450 g/mol. The number of halogens is 1. The quantitative estimate of drug-likeness (QED) is 0.419. The predicted molar refractivity (Wildman–Crippen MR) is 98.8 cm³/mol. The first-order chi connectivity index (χ1) is 13.2. The predicted octanol–water partition coefficient (Wildman–Crippen LogP) is 2.94. The number of hydrogen-bond acceptors (Lipinski definition) is 7. The summed E-state index contributed by atoms with van der Waals surface area (Å²) < 4.78 is 18.3. The molecule has 0 fully saturated rings. The molecule has 0 radical (unpaired) electrons. The summed E-state index contributed by atoms with van der Waals surface area (Å²) in [7, 11) is 0. The third-order valence-corrected chi connectivity index (χ3v) is 5.13. The number of ether oxygens (including phenoxy) is 3. The number of esters is 2. The lowest BCUT2D eigenvalue weighted by molar-refractivity contribution is -0.228. The lowest BCUT2D eigenvalue weighted by Gasteiger charge is -2.31. The van der Waals surface area contributed by atoms with Gasteiger partial charge in [-0.15, -0.1) is 0 Å². The van der Waals surface area contributed by atoms with Crippen LogP contribution in [0.4, 0.5) is 0 Å². The van der Waals surface area contributed by atoms with Gasteiger partial charge in [-0.3, -0.25) is 14.2 Å². The summed E-state index contributed by atoms with van der Waals surface area (Å²) in [6, 6.07) is 6.98. The van der Waals surface area contributed by atoms with Crippen molar-refractivity contribution < 1.29 is 34.0 Å². The summed E-state index contributed by atoms with van der Waals surface area (Å²) in [5, 5.41) is 21.8. The van der Waals surface area contributed by atoms with Crippen LogP contribution in [0.25, 0.3) is 5.69 Å². The fourth-order valence-electron chi connectivity index (χ4n) is 3.65. The van der Waals surface area contributed by atoms with Crippen molar-refractivity contribution in [3.05, 3.63) is 52.0 Å². The topological polar surface area (TPSA) is 107 Å². The number of hydrogen-bond donors (Lipinski definition) is 2. The lowest BCUT2D eigenvalue weighted by atomic mass is 9.89. The zero-order valence-corrected chi connectivity index (χ0v) is 16.5. The highest BCUT2D eigenvalue weighted by atomic mass is 79.9. The van der Waals surface area contributed by atoms with Gasteiger partial charge in [-0.2, -0.15) is 0 Å². The Morgan fingerprint density at radius 2 is 1.89 bits per heavy atom. The standard InChI is InChI=1S/C19H16BrNO7/c1-9(22)26-18(27-10(2)23)19-7-6-13(28-19)14-15(19)17(25)21(16(14)24)12-5-3-4-11(20)8-12/h3-8,13,18,24-25H,1-2H3. The first-order valence-corrected chi connectivity index (χ1v) is 9.18. The molecule has 3 heterocycles. The van der Waals surface area contributed by atoms with Crippen LogP contribution in [0.2, 0.25) is 0 Å². The summed E-state index contributed by atoms with van der Waals surface area (Å²) in [5.41, 5.74) is -0.546. The Morgan fingerprint density at radius 3 is 2.50 bits per heavy atom. The van der Waals surface area contributed by atoms with Gasteiger partial charge in [0.1, 0.15) is 6.10 Å². The highest BCUT2D eigenvalue weighted by Crippen LogP contribution is 2.60. The van der Waals surface area contributed by atoms with Crippen molar-refractivity contribution in [2.24, 2.45) is 0 Å². The van der Waals surface area contributed by atoms with Crippen molar-refractivity contribution in [3.8, 4) is 17.4 Å². The highest BCUT2D eigenvalue weighted by molar-refractivity contribution is 9.10. The van der Waals surface area contributed by atoms with E-state index in [0.717, 1.165) is 4.47 Å². The van der Waals surface area contributed by atoms with E-state index in [2.05, 4.69) is 15.9 Å². The largest absolute Gasteiger partial charge is 0.494 e. The molecule has 28 heavy (non-hydrogen) atoms. The zero-order chi connectivity index (χ0) is 20.2. The number of rotatable bonds is 4. The van der Waals surface area contributed by atoms with Gasteiger partial charge in [0, 0.05) is 18.3 Å². The third-order valence-electron chi connectivity index (χ3n) is 4.64. The Balaban J connectivity index is 1.89. The van der Waals surface area contributed by atoms with E-state index in [9.17, 15) is 19.8 Å². The van der Waals surface area contributed by atoms with Crippen LogP contribution in [-0.4, -0.2) is 33.0 Å². The maximum Gasteiger partial charge on any atom is 0.305 e. The van der Waals surface area contributed by atoms with Gasteiger partial charge in [0.15, 0.2) is 5.60 Å². The Kier molecular flexibility index (Phi) is 4.24. The number of aromatic nitrogens is 1. The van der Waals surface area contributed by atoms with Gasteiger partial charge in [-0.1, -0.05) is 28.1 Å². The second-order valence-electron chi connectivity index (χ2n) is 6.49. The Labute approximate surface area is 168 Å². The van der Waals surface area contributed by atoms with Crippen LogP contribution in [-0.2, 0) is 29.4 Å². The molecule has 2 atom stereocenters. The van der Waals surface area contributed by atoms with Gasteiger partial charge in [-0.25, -0.2) is 0 Å². The average Bonchev–Trinajstić information content (AvgIpc) is 3.25. The van der Waals surface area contributed by atoms with Crippen LogP contribution in [0.1, 0.15) is 31.1 Å². The van der Waals surface area contributed by atoms with E-state index in [1.165, 1.54) is 18.4 Å². The first-order valence-electron chi connectivity index (χ1n) is 8.39. The van der Waals surface area contributed by atoms with Crippen LogP contribution >= 0.6 is 15.9 Å². The van der Waals surface area contributed by atoms with Gasteiger partial charge in [0.2, 0.25) is 11.8 Å². The summed E-state index contributed by atoms with van der Waals surface area (Å²) in [6.07, 6.45) is 1.05. The smallest absolute Gasteiger partial charge is 0.305 e. The fourth-order valence-corrected chi connectivity index (χ4v) is 4.04. The molecule has 2 N–H and O–H groups in total. The molecule has 146 valence electrons. The van der Waals surface area contributed by atoms with Crippen LogP contribution in [0.3, 0.4) is 0 Å². The van der Waals surface area contributed by atoms with Gasteiger partial charge >= 0.3 is 11.9 Å². The van der Waals surface area contributed by atoms with Crippen molar-refractivity contribution in [2.75, 3.05) is 0 Å². The summed E-state index contributed by atoms with van der Waals surface area (Å²) in [6.45, 7) is 2.34. The Hall–Kier alpha value is -2.78. The molecule has 9 heteroatoms. The highest BCUT2D eigenvalue weighted by Gasteiger charge is 2.60. The molecule has 0 saturated carbocycles. The molecule has 0 aliphatic carbocycles. The van der Waals surface area contributed by atoms with E-state index >= 15 is 0 Å². The summed E-state index contributed by atoms with van der Waals surface area (Å²) in [4.78, 5) is 23.2. The molecular formula is C19H16BrNO7. The normalized spacial score (nSPS) is 21.8. The number of nitrogens with zero attached hydrogens (tertiary/aromatic N) is 1. The van der Waals surface area contributed by atoms with Crippen LogP contribution in [0.15, 0.2) is 40.9 Å². The van der Waals surface area contributed by atoms with Crippen molar-refractivity contribution in [1.82, 2.24) is 4.57 Å². The first kappa shape index (κ1) is 18.6. The van der Waals surface area contributed by atoms with E-state index in [4.69, 9.17) is 14.2 Å². The molecule has 2 aliphatic heterocycles.